The fourth-order valence-electron chi connectivity index (χ4n) is 2.42. The Balaban J connectivity index is 1.89. The summed E-state index contributed by atoms with van der Waals surface area (Å²) in [6, 6.07) is 10.6. The highest BCUT2D eigenvalue weighted by Crippen LogP contribution is 2.15. The molecule has 0 saturated heterocycles. The van der Waals surface area contributed by atoms with Crippen LogP contribution in [0.15, 0.2) is 41.5 Å². The van der Waals surface area contributed by atoms with Crippen LogP contribution in [0.2, 0.25) is 0 Å². The van der Waals surface area contributed by atoms with Crippen molar-refractivity contribution in [2.24, 2.45) is 10.7 Å². The minimum absolute atomic E-state index is 0.660. The van der Waals surface area contributed by atoms with E-state index in [4.69, 9.17) is 5.73 Å². The number of hydrogen-bond acceptors (Lipinski definition) is 1. The van der Waals surface area contributed by atoms with E-state index >= 15 is 0 Å². The van der Waals surface area contributed by atoms with E-state index < -0.39 is 0 Å². The summed E-state index contributed by atoms with van der Waals surface area (Å²) in [6.07, 6.45) is 3.14. The first-order valence-corrected chi connectivity index (χ1v) is 7.35. The second-order valence-corrected chi connectivity index (χ2v) is 4.83. The molecule has 1 aromatic heterocycles. The van der Waals surface area contributed by atoms with Crippen molar-refractivity contribution >= 4 is 16.9 Å². The molecule has 20 heavy (non-hydrogen) atoms. The summed E-state index contributed by atoms with van der Waals surface area (Å²) in [5.74, 6) is 0.660. The van der Waals surface area contributed by atoms with Gasteiger partial charge in [0.05, 0.1) is 0 Å². The average molecular weight is 272 g/mol. The first kappa shape index (κ1) is 14.4. The van der Waals surface area contributed by atoms with Crippen molar-refractivity contribution in [1.29, 1.82) is 0 Å². The van der Waals surface area contributed by atoms with Crippen LogP contribution in [0.4, 0.5) is 0 Å². The van der Waals surface area contributed by atoms with Crippen LogP contribution in [-0.4, -0.2) is 35.1 Å². The molecule has 0 saturated carbocycles. The third-order valence-electron chi connectivity index (χ3n) is 3.60. The number of benzene rings is 1. The summed E-state index contributed by atoms with van der Waals surface area (Å²) in [6.45, 7) is 7.76. The van der Waals surface area contributed by atoms with Crippen molar-refractivity contribution in [2.45, 2.75) is 26.8 Å². The SMILES string of the molecule is CCN(CC)C(N)=NCCCn1ccc2ccccc21. The third-order valence-corrected chi connectivity index (χ3v) is 3.60. The summed E-state index contributed by atoms with van der Waals surface area (Å²) in [5, 5.41) is 1.29. The van der Waals surface area contributed by atoms with Crippen LogP contribution in [-0.2, 0) is 6.54 Å². The van der Waals surface area contributed by atoms with Crippen LogP contribution < -0.4 is 5.73 Å². The highest BCUT2D eigenvalue weighted by molar-refractivity contribution is 5.80. The van der Waals surface area contributed by atoms with E-state index in [0.29, 0.717) is 5.96 Å². The molecule has 4 nitrogen and oxygen atoms in total. The molecule has 2 aromatic rings. The number of para-hydroxylation sites is 1. The summed E-state index contributed by atoms with van der Waals surface area (Å²) in [5.41, 5.74) is 7.24. The highest BCUT2D eigenvalue weighted by atomic mass is 15.2. The zero-order valence-corrected chi connectivity index (χ0v) is 12.4. The van der Waals surface area contributed by atoms with Crippen LogP contribution in [0.5, 0.6) is 0 Å². The lowest BCUT2D eigenvalue weighted by Crippen LogP contribution is -2.37. The fourth-order valence-corrected chi connectivity index (χ4v) is 2.42. The van der Waals surface area contributed by atoms with E-state index in [-0.39, 0.29) is 0 Å². The van der Waals surface area contributed by atoms with E-state index in [0.717, 1.165) is 32.6 Å². The van der Waals surface area contributed by atoms with E-state index in [1.54, 1.807) is 0 Å². The lowest BCUT2D eigenvalue weighted by molar-refractivity contribution is 0.457. The number of aromatic nitrogens is 1. The Labute approximate surface area is 120 Å². The van der Waals surface area contributed by atoms with Gasteiger partial charge in [0.15, 0.2) is 5.96 Å². The maximum absolute atomic E-state index is 5.96. The largest absolute Gasteiger partial charge is 0.370 e. The van der Waals surface area contributed by atoms with Gasteiger partial charge in [-0.3, -0.25) is 4.99 Å². The van der Waals surface area contributed by atoms with Crippen LogP contribution in [0.3, 0.4) is 0 Å². The zero-order valence-electron chi connectivity index (χ0n) is 12.4. The van der Waals surface area contributed by atoms with Gasteiger partial charge in [0, 0.05) is 37.9 Å². The molecular formula is C16H24N4. The normalized spacial score (nSPS) is 12.0. The van der Waals surface area contributed by atoms with Gasteiger partial charge in [0.25, 0.3) is 0 Å². The Morgan fingerprint density at radius 1 is 1.20 bits per heavy atom. The van der Waals surface area contributed by atoms with Crippen molar-refractivity contribution < 1.29 is 0 Å². The molecule has 0 aliphatic carbocycles. The lowest BCUT2D eigenvalue weighted by Gasteiger charge is -2.19. The Kier molecular flexibility index (Phi) is 5.04. The number of aliphatic imine (C=N–C) groups is 1. The van der Waals surface area contributed by atoms with Crippen LogP contribution in [0, 0.1) is 0 Å². The Hall–Kier alpha value is -1.97. The molecule has 0 spiro atoms. The van der Waals surface area contributed by atoms with E-state index in [1.165, 1.54) is 10.9 Å². The van der Waals surface area contributed by atoms with Gasteiger partial charge >= 0.3 is 0 Å². The van der Waals surface area contributed by atoms with Gasteiger partial charge in [-0.1, -0.05) is 18.2 Å². The van der Waals surface area contributed by atoms with Gasteiger partial charge in [-0.15, -0.1) is 0 Å². The fraction of sp³-hybridized carbons (Fsp3) is 0.438. The Morgan fingerprint density at radius 3 is 2.70 bits per heavy atom. The van der Waals surface area contributed by atoms with Crippen molar-refractivity contribution in [1.82, 2.24) is 9.47 Å². The van der Waals surface area contributed by atoms with E-state index in [9.17, 15) is 0 Å². The Morgan fingerprint density at radius 2 is 1.95 bits per heavy atom. The third kappa shape index (κ3) is 3.32. The first-order valence-electron chi connectivity index (χ1n) is 7.35. The van der Waals surface area contributed by atoms with Crippen molar-refractivity contribution in [2.75, 3.05) is 19.6 Å². The maximum Gasteiger partial charge on any atom is 0.191 e. The number of nitrogens with zero attached hydrogens (tertiary/aromatic N) is 3. The predicted molar refractivity (Wildman–Crippen MR) is 86.0 cm³/mol. The topological polar surface area (TPSA) is 46.5 Å². The van der Waals surface area contributed by atoms with Gasteiger partial charge in [0.1, 0.15) is 0 Å². The van der Waals surface area contributed by atoms with Crippen molar-refractivity contribution in [3.63, 3.8) is 0 Å². The maximum atomic E-state index is 5.96. The van der Waals surface area contributed by atoms with Crippen molar-refractivity contribution in [3.05, 3.63) is 36.5 Å². The lowest BCUT2D eigenvalue weighted by atomic mass is 10.2. The van der Waals surface area contributed by atoms with Crippen LogP contribution in [0.1, 0.15) is 20.3 Å². The van der Waals surface area contributed by atoms with Crippen molar-refractivity contribution in [3.8, 4) is 0 Å². The van der Waals surface area contributed by atoms with Gasteiger partial charge in [-0.25, -0.2) is 0 Å². The number of rotatable bonds is 6. The number of guanidine groups is 1. The second kappa shape index (κ2) is 6.98. The molecule has 0 aliphatic heterocycles. The number of aryl methyl sites for hydroxylation is 1. The summed E-state index contributed by atoms with van der Waals surface area (Å²) in [7, 11) is 0. The molecule has 0 radical (unpaired) electrons. The molecular weight excluding hydrogens is 248 g/mol. The van der Waals surface area contributed by atoms with E-state index in [1.807, 2.05) is 0 Å². The molecule has 2 rings (SSSR count). The van der Waals surface area contributed by atoms with Gasteiger partial charge in [0.2, 0.25) is 0 Å². The quantitative estimate of drug-likeness (QED) is 0.499. The van der Waals surface area contributed by atoms with E-state index in [2.05, 4.69) is 64.8 Å². The standard InChI is InChI=1S/C16H24N4/c1-3-19(4-2)16(17)18-11-7-12-20-13-10-14-8-5-6-9-15(14)20/h5-6,8-10,13H,3-4,7,11-12H2,1-2H3,(H2,17,18). The van der Waals surface area contributed by atoms with Crippen LogP contribution in [0.25, 0.3) is 10.9 Å². The predicted octanol–water partition coefficient (Wildman–Crippen LogP) is 2.69. The molecule has 1 heterocycles. The summed E-state index contributed by atoms with van der Waals surface area (Å²) >= 11 is 0. The molecule has 4 heteroatoms. The molecule has 0 atom stereocenters. The molecule has 0 aliphatic rings. The molecule has 108 valence electrons. The number of hydrogen-bond donors (Lipinski definition) is 1. The summed E-state index contributed by atoms with van der Waals surface area (Å²) in [4.78, 5) is 6.53. The number of nitrogens with two attached hydrogens (primary N) is 1. The smallest absolute Gasteiger partial charge is 0.191 e. The highest BCUT2D eigenvalue weighted by Gasteiger charge is 2.02. The molecule has 0 fully saturated rings. The minimum atomic E-state index is 0.660. The van der Waals surface area contributed by atoms with Gasteiger partial charge in [-0.2, -0.15) is 0 Å². The molecule has 0 bridgehead atoms. The second-order valence-electron chi connectivity index (χ2n) is 4.83. The Bertz CT molecular complexity index is 567. The van der Waals surface area contributed by atoms with Crippen LogP contribution >= 0.6 is 0 Å². The van der Waals surface area contributed by atoms with Gasteiger partial charge in [-0.05, 0) is 37.8 Å². The molecule has 0 amide bonds. The summed E-state index contributed by atoms with van der Waals surface area (Å²) < 4.78 is 2.28. The minimum Gasteiger partial charge on any atom is -0.370 e. The molecule has 1 aromatic carbocycles. The van der Waals surface area contributed by atoms with Gasteiger partial charge < -0.3 is 15.2 Å². The monoisotopic (exact) mass is 272 g/mol. The zero-order chi connectivity index (χ0) is 14.4. The number of fused-ring (bicyclic) bond motifs is 1. The average Bonchev–Trinajstić information content (AvgIpc) is 2.88. The molecule has 2 N–H and O–H groups in total. The first-order chi connectivity index (χ1) is 9.76. The molecule has 0 unspecified atom stereocenters.